The van der Waals surface area contributed by atoms with E-state index in [1.165, 1.54) is 0 Å². The molecule has 0 saturated heterocycles. The van der Waals surface area contributed by atoms with Crippen molar-refractivity contribution in [3.8, 4) is 11.5 Å². The Kier molecular flexibility index (Phi) is 19.0. The van der Waals surface area contributed by atoms with E-state index in [-0.39, 0.29) is 43.0 Å². The molecule has 6 aromatic rings. The molecule has 6 rings (SSSR count). The lowest BCUT2D eigenvalue weighted by Gasteiger charge is -2.29. The van der Waals surface area contributed by atoms with Crippen LogP contribution in [0.4, 0.5) is 0 Å². The van der Waals surface area contributed by atoms with Crippen molar-refractivity contribution in [1.29, 1.82) is 0 Å². The summed E-state index contributed by atoms with van der Waals surface area (Å²) in [7, 11) is -3.91. The third-order valence-electron chi connectivity index (χ3n) is 12.1. The number of hydrogen-bond acceptors (Lipinski definition) is 7. The summed E-state index contributed by atoms with van der Waals surface area (Å²) in [5.41, 5.74) is 2.05. The highest BCUT2D eigenvalue weighted by Crippen LogP contribution is 2.44. The lowest BCUT2D eigenvalue weighted by Crippen LogP contribution is -2.54. The summed E-state index contributed by atoms with van der Waals surface area (Å²) in [5, 5.41) is 27.9. The van der Waals surface area contributed by atoms with Crippen LogP contribution in [0.15, 0.2) is 146 Å². The molecule has 0 fully saturated rings. The van der Waals surface area contributed by atoms with Gasteiger partial charge in [0.05, 0.1) is 18.6 Å². The summed E-state index contributed by atoms with van der Waals surface area (Å²) in [4.78, 5) is 42.5. The molecule has 0 bridgehead atoms. The van der Waals surface area contributed by atoms with Crippen LogP contribution in [0.25, 0.3) is 21.5 Å². The smallest absolute Gasteiger partial charge is 0.405 e. The zero-order chi connectivity index (χ0) is 47.6. The lowest BCUT2D eigenvalue weighted by molar-refractivity contribution is -0.132. The molecule has 3 amide bonds. The zero-order valence-electron chi connectivity index (χ0n) is 39.2. The SMILES string of the molecule is CCC(C)CNC(=O)C[C@H](O)[C@H](CC(C)C)NC(=O)[C@H](CCCCNP(=O)(Oc1ccccc1)Oc1ccccc1)NC(=O)C(Cc1cccc2ccccc12)Cc1cccc2ccccc12. The predicted octanol–water partition coefficient (Wildman–Crippen LogP) is 10.3. The first kappa shape index (κ1) is 50.4. The Morgan fingerprint density at radius 2 is 1.16 bits per heavy atom. The number of carbonyl (C=O) groups excluding carboxylic acids is 3. The van der Waals surface area contributed by atoms with E-state index in [9.17, 15) is 24.1 Å². The molecular weight excluding hydrogens is 860 g/mol. The molecule has 12 heteroatoms. The number of aliphatic hydroxyl groups is 1. The maximum absolute atomic E-state index is 14.9. The summed E-state index contributed by atoms with van der Waals surface area (Å²) in [6.07, 6.45) is 1.96. The number of hydrogen-bond donors (Lipinski definition) is 5. The van der Waals surface area contributed by atoms with E-state index in [0.717, 1.165) is 39.1 Å². The topological polar surface area (TPSA) is 155 Å². The van der Waals surface area contributed by atoms with Gasteiger partial charge in [-0.2, -0.15) is 0 Å². The van der Waals surface area contributed by atoms with Gasteiger partial charge in [-0.3, -0.25) is 14.4 Å². The summed E-state index contributed by atoms with van der Waals surface area (Å²) < 4.78 is 26.0. The van der Waals surface area contributed by atoms with Gasteiger partial charge in [0.15, 0.2) is 0 Å². The monoisotopic (exact) mass is 926 g/mol. The van der Waals surface area contributed by atoms with Gasteiger partial charge in [0, 0.05) is 19.0 Å². The van der Waals surface area contributed by atoms with Crippen LogP contribution in [0, 0.1) is 17.8 Å². The molecule has 5 N–H and O–H groups in total. The molecule has 11 nitrogen and oxygen atoms in total. The molecule has 354 valence electrons. The van der Waals surface area contributed by atoms with Crippen molar-refractivity contribution in [2.24, 2.45) is 17.8 Å². The zero-order valence-corrected chi connectivity index (χ0v) is 40.1. The van der Waals surface area contributed by atoms with Crippen molar-refractivity contribution >= 4 is 47.0 Å². The first-order valence-electron chi connectivity index (χ1n) is 23.7. The molecule has 0 heterocycles. The first-order chi connectivity index (χ1) is 32.4. The fourth-order valence-corrected chi connectivity index (χ4v) is 9.64. The Hall–Kier alpha value is -6.00. The number of amides is 3. The van der Waals surface area contributed by atoms with Gasteiger partial charge in [-0.25, -0.2) is 9.65 Å². The van der Waals surface area contributed by atoms with Crippen LogP contribution in [0.1, 0.15) is 77.3 Å². The van der Waals surface area contributed by atoms with E-state index in [1.54, 1.807) is 48.5 Å². The van der Waals surface area contributed by atoms with Gasteiger partial charge in [-0.05, 0) is 107 Å². The summed E-state index contributed by atoms with van der Waals surface area (Å²) in [5.74, 6) is -0.454. The third kappa shape index (κ3) is 15.5. The molecule has 0 spiro atoms. The number of unbranched alkanes of at least 4 members (excludes halogenated alkanes) is 1. The average molecular weight is 927 g/mol. The Morgan fingerprint density at radius 3 is 1.70 bits per heavy atom. The van der Waals surface area contributed by atoms with Gasteiger partial charge >= 0.3 is 7.75 Å². The quantitative estimate of drug-likeness (QED) is 0.0266. The second kappa shape index (κ2) is 25.2. The van der Waals surface area contributed by atoms with Crippen LogP contribution >= 0.6 is 7.75 Å². The van der Waals surface area contributed by atoms with E-state index < -0.39 is 37.8 Å². The van der Waals surface area contributed by atoms with Crippen molar-refractivity contribution in [2.45, 2.75) is 97.2 Å². The minimum atomic E-state index is -3.91. The standard InChI is InChI=1S/C55H67N4O7P/c1-5-40(4)38-56-53(61)37-52(60)51(34-39(2)3)59-55(63)50(32-16-17-33-57-67(64,65-46-26-8-6-9-27-46)66-47-28-10-7-11-29-47)58-54(62)45(35-43-24-18-22-41-20-12-14-30-48(41)43)36-44-25-19-23-42-21-13-15-31-49(42)44/h6-15,18-31,39-40,45,50-52,60H,5,16-17,32-38H2,1-4H3,(H,56,61)(H,57,64)(H,58,62)(H,59,63)/t40?,50-,51-,52-/m0/s1. The van der Waals surface area contributed by atoms with Gasteiger partial charge in [0.2, 0.25) is 17.7 Å². The Morgan fingerprint density at radius 1 is 0.642 bits per heavy atom. The summed E-state index contributed by atoms with van der Waals surface area (Å²) in [6, 6.07) is 44.4. The normalized spacial score (nSPS) is 13.5. The molecule has 4 atom stereocenters. The molecular formula is C55H67N4O7P. The van der Waals surface area contributed by atoms with Crippen molar-refractivity contribution < 1.29 is 33.1 Å². The van der Waals surface area contributed by atoms with Crippen LogP contribution in [0.3, 0.4) is 0 Å². The van der Waals surface area contributed by atoms with Crippen molar-refractivity contribution in [2.75, 3.05) is 13.1 Å². The Labute approximate surface area is 396 Å². The van der Waals surface area contributed by atoms with E-state index in [1.807, 2.05) is 69.3 Å². The van der Waals surface area contributed by atoms with Crippen LogP contribution in [-0.2, 0) is 31.8 Å². The average Bonchev–Trinajstić information content (AvgIpc) is 3.32. The van der Waals surface area contributed by atoms with E-state index >= 15 is 0 Å². The van der Waals surface area contributed by atoms with Gasteiger partial charge < -0.3 is 30.1 Å². The van der Waals surface area contributed by atoms with Gasteiger partial charge in [-0.15, -0.1) is 0 Å². The predicted molar refractivity (Wildman–Crippen MR) is 269 cm³/mol. The Balaban J connectivity index is 1.24. The van der Waals surface area contributed by atoms with Gasteiger partial charge in [0.1, 0.15) is 17.5 Å². The van der Waals surface area contributed by atoms with Crippen molar-refractivity contribution in [3.05, 3.63) is 157 Å². The molecule has 0 aliphatic heterocycles. The molecule has 6 aromatic carbocycles. The van der Waals surface area contributed by atoms with E-state index in [0.29, 0.717) is 50.1 Å². The molecule has 0 aromatic heterocycles. The van der Waals surface area contributed by atoms with E-state index in [4.69, 9.17) is 9.05 Å². The first-order valence-corrected chi connectivity index (χ1v) is 25.3. The van der Waals surface area contributed by atoms with Crippen molar-refractivity contribution in [1.82, 2.24) is 21.0 Å². The molecule has 67 heavy (non-hydrogen) atoms. The largest absolute Gasteiger partial charge is 0.512 e. The summed E-state index contributed by atoms with van der Waals surface area (Å²) >= 11 is 0. The maximum atomic E-state index is 14.9. The van der Waals surface area contributed by atoms with Crippen molar-refractivity contribution in [3.63, 3.8) is 0 Å². The number of fused-ring (bicyclic) bond motifs is 2. The van der Waals surface area contributed by atoms with Gasteiger partial charge in [0.25, 0.3) is 0 Å². The minimum absolute atomic E-state index is 0.0833. The number of benzene rings is 6. The van der Waals surface area contributed by atoms with Gasteiger partial charge in [-0.1, -0.05) is 155 Å². The molecule has 1 unspecified atom stereocenters. The number of nitrogens with one attached hydrogen (secondary N) is 4. The molecule has 0 radical (unpaired) electrons. The summed E-state index contributed by atoms with van der Waals surface area (Å²) in [6.45, 7) is 8.80. The second-order valence-electron chi connectivity index (χ2n) is 18.0. The van der Waals surface area contributed by atoms with Crippen LogP contribution in [0.2, 0.25) is 0 Å². The number of aliphatic hydroxyl groups excluding tert-OH is 1. The molecule has 0 saturated carbocycles. The number of para-hydroxylation sites is 2. The van der Waals surface area contributed by atoms with E-state index in [2.05, 4.69) is 76.5 Å². The fraction of sp³-hybridized carbons (Fsp3) is 0.364. The van der Waals surface area contributed by atoms with Crippen LogP contribution in [-0.4, -0.2) is 54.1 Å². The molecule has 0 aliphatic carbocycles. The second-order valence-corrected chi connectivity index (χ2v) is 19.7. The lowest BCUT2D eigenvalue weighted by atomic mass is 9.87. The Bertz CT molecular complexity index is 2420. The fourth-order valence-electron chi connectivity index (χ4n) is 8.24. The highest BCUT2D eigenvalue weighted by Gasteiger charge is 2.32. The van der Waals surface area contributed by atoms with Crippen LogP contribution in [0.5, 0.6) is 11.5 Å². The third-order valence-corrected chi connectivity index (χ3v) is 13.6. The highest BCUT2D eigenvalue weighted by atomic mass is 31.2. The molecule has 0 aliphatic rings. The van der Waals surface area contributed by atoms with Crippen LogP contribution < -0.4 is 30.1 Å². The minimum Gasteiger partial charge on any atom is -0.405 e. The number of carbonyl (C=O) groups is 3. The maximum Gasteiger partial charge on any atom is 0.512 e. The highest BCUT2D eigenvalue weighted by molar-refractivity contribution is 7.52. The number of rotatable bonds is 26.